The van der Waals surface area contributed by atoms with Crippen molar-refractivity contribution in [1.29, 1.82) is 0 Å². The zero-order valence-corrected chi connectivity index (χ0v) is 5.75. The van der Waals surface area contributed by atoms with Crippen molar-refractivity contribution in [2.75, 3.05) is 13.2 Å². The van der Waals surface area contributed by atoms with Gasteiger partial charge in [0.25, 0.3) is 0 Å². The van der Waals surface area contributed by atoms with Gasteiger partial charge in [-0.15, -0.1) is 12.6 Å². The van der Waals surface area contributed by atoms with E-state index >= 15 is 0 Å². The van der Waals surface area contributed by atoms with Gasteiger partial charge in [-0.3, -0.25) is 15.0 Å². The molecule has 3 nitrogen and oxygen atoms in total. The highest BCUT2D eigenvalue weighted by Gasteiger charge is 2.19. The minimum absolute atomic E-state index is 0.754. The van der Waals surface area contributed by atoms with Crippen LogP contribution >= 0.6 is 12.6 Å². The molecular weight excluding hydrogens is 134 g/mol. The Morgan fingerprint density at radius 1 is 1.56 bits per heavy atom. The first-order chi connectivity index (χ1) is 4.36. The summed E-state index contributed by atoms with van der Waals surface area (Å²) in [5, 5.41) is 4.06. The number of hydrogen-bond donors (Lipinski definition) is 1. The number of fused-ring (bicyclic) bond motifs is 1. The maximum absolute atomic E-state index is 4.22. The molecular formula is C5H7N3S. The fraction of sp³-hybridized carbons (Fsp3) is 0.400. The van der Waals surface area contributed by atoms with Gasteiger partial charge >= 0.3 is 0 Å². The molecule has 0 amide bonds. The summed E-state index contributed by atoms with van der Waals surface area (Å²) in [6.45, 7) is 1.64. The monoisotopic (exact) mass is 141 g/mol. The predicted octanol–water partition coefficient (Wildman–Crippen LogP) is 0.290. The molecule has 4 heteroatoms. The van der Waals surface area contributed by atoms with E-state index in [1.807, 2.05) is 22.6 Å². The lowest BCUT2D eigenvalue weighted by atomic mass is 10.6. The highest BCUT2D eigenvalue weighted by atomic mass is 32.1. The van der Waals surface area contributed by atoms with E-state index in [1.54, 1.807) is 0 Å². The van der Waals surface area contributed by atoms with Gasteiger partial charge < -0.3 is 0 Å². The molecule has 0 aromatic carbocycles. The summed E-state index contributed by atoms with van der Waals surface area (Å²) >= 11 is 4.22. The van der Waals surface area contributed by atoms with Gasteiger partial charge in [0, 0.05) is 11.1 Å². The van der Waals surface area contributed by atoms with Gasteiger partial charge in [-0.1, -0.05) is 0 Å². The van der Waals surface area contributed by atoms with Crippen LogP contribution in [0.3, 0.4) is 0 Å². The van der Waals surface area contributed by atoms with E-state index in [4.69, 9.17) is 0 Å². The zero-order valence-electron chi connectivity index (χ0n) is 4.86. The van der Waals surface area contributed by atoms with E-state index in [2.05, 4.69) is 17.6 Å². The van der Waals surface area contributed by atoms with Crippen molar-refractivity contribution in [3.8, 4) is 0 Å². The molecule has 2 heterocycles. The highest BCUT2D eigenvalue weighted by molar-refractivity contribution is 7.84. The Kier molecular flexibility index (Phi) is 0.958. The molecule has 48 valence electrons. The molecule has 2 rings (SSSR count). The topological polar surface area (TPSA) is 18.8 Å². The third-order valence-electron chi connectivity index (χ3n) is 1.39. The fourth-order valence-electron chi connectivity index (χ4n) is 0.987. The molecule has 0 aliphatic carbocycles. The Labute approximate surface area is 59.0 Å². The smallest absolute Gasteiger partial charge is 0.131 e. The molecule has 0 atom stereocenters. The molecule has 0 radical (unpaired) electrons. The predicted molar refractivity (Wildman–Crippen MR) is 39.0 cm³/mol. The molecule has 0 spiro atoms. The van der Waals surface area contributed by atoms with Gasteiger partial charge in [0.05, 0.1) is 6.54 Å². The second-order valence-electron chi connectivity index (χ2n) is 2.10. The number of thiol groups is 1. The van der Waals surface area contributed by atoms with E-state index in [0.717, 1.165) is 18.1 Å². The van der Waals surface area contributed by atoms with E-state index in [1.165, 1.54) is 0 Å². The molecule has 0 aromatic rings. The minimum atomic E-state index is 0.754. The summed E-state index contributed by atoms with van der Waals surface area (Å²) in [6.07, 6.45) is 3.83. The lowest BCUT2D eigenvalue weighted by molar-refractivity contribution is 0.175. The van der Waals surface area contributed by atoms with Gasteiger partial charge in [-0.2, -0.15) is 0 Å². The normalized spacial score (nSPS) is 23.0. The Morgan fingerprint density at radius 3 is 3.22 bits per heavy atom. The van der Waals surface area contributed by atoms with Crippen LogP contribution in [0, 0.1) is 0 Å². The summed E-state index contributed by atoms with van der Waals surface area (Å²) in [5.74, 6) is 0. The Balaban J connectivity index is 2.19. The second kappa shape index (κ2) is 1.67. The summed E-state index contributed by atoms with van der Waals surface area (Å²) in [5.41, 5.74) is 0. The Morgan fingerprint density at radius 2 is 2.44 bits per heavy atom. The van der Waals surface area contributed by atoms with E-state index < -0.39 is 0 Å². The van der Waals surface area contributed by atoms with Crippen molar-refractivity contribution in [1.82, 2.24) is 10.0 Å². The van der Waals surface area contributed by atoms with Crippen LogP contribution in [-0.2, 0) is 0 Å². The first-order valence-corrected chi connectivity index (χ1v) is 3.24. The molecule has 2 aliphatic rings. The first kappa shape index (κ1) is 5.17. The quantitative estimate of drug-likeness (QED) is 0.489. The van der Waals surface area contributed by atoms with Crippen LogP contribution in [0.5, 0.6) is 0 Å². The molecule has 0 N–H and O–H groups in total. The fourth-order valence-corrected chi connectivity index (χ4v) is 1.27. The maximum atomic E-state index is 4.22. The third-order valence-corrected chi connectivity index (χ3v) is 1.65. The summed E-state index contributed by atoms with van der Waals surface area (Å²) in [4.78, 5) is 5.15. The third kappa shape index (κ3) is 0.702. The van der Waals surface area contributed by atoms with Crippen molar-refractivity contribution in [2.24, 2.45) is 4.99 Å². The molecule has 0 fully saturated rings. The summed E-state index contributed by atoms with van der Waals surface area (Å²) in [6, 6.07) is 0. The second-order valence-corrected chi connectivity index (χ2v) is 2.67. The molecule has 2 aliphatic heterocycles. The van der Waals surface area contributed by atoms with Gasteiger partial charge in [0.1, 0.15) is 13.0 Å². The number of nitrogens with zero attached hydrogens (tertiary/aromatic N) is 3. The van der Waals surface area contributed by atoms with Crippen molar-refractivity contribution < 1.29 is 0 Å². The van der Waals surface area contributed by atoms with Crippen LogP contribution < -0.4 is 0 Å². The van der Waals surface area contributed by atoms with Gasteiger partial charge in [-0.25, -0.2) is 0 Å². The summed E-state index contributed by atoms with van der Waals surface area (Å²) < 4.78 is 0. The van der Waals surface area contributed by atoms with Gasteiger partial charge in [0.2, 0.25) is 0 Å². The highest BCUT2D eigenvalue weighted by Crippen LogP contribution is 2.18. The number of aliphatic imine (C=N–C) groups is 1. The number of rotatable bonds is 0. The van der Waals surface area contributed by atoms with Crippen LogP contribution in [0.25, 0.3) is 0 Å². The summed E-state index contributed by atoms with van der Waals surface area (Å²) in [7, 11) is 0. The van der Waals surface area contributed by atoms with E-state index in [9.17, 15) is 0 Å². The first-order valence-electron chi connectivity index (χ1n) is 2.79. The maximum Gasteiger partial charge on any atom is 0.131 e. The van der Waals surface area contributed by atoms with Crippen LogP contribution in [0.15, 0.2) is 16.1 Å². The van der Waals surface area contributed by atoms with Gasteiger partial charge in [0.15, 0.2) is 0 Å². The van der Waals surface area contributed by atoms with Crippen LogP contribution in [0.4, 0.5) is 0 Å². The molecule has 0 saturated carbocycles. The van der Waals surface area contributed by atoms with Crippen LogP contribution in [0.2, 0.25) is 0 Å². The molecule has 0 saturated heterocycles. The van der Waals surface area contributed by atoms with Crippen LogP contribution in [-0.4, -0.2) is 29.6 Å². The van der Waals surface area contributed by atoms with Crippen molar-refractivity contribution in [3.05, 3.63) is 11.1 Å². The lowest BCUT2D eigenvalue weighted by Crippen LogP contribution is -2.28. The van der Waals surface area contributed by atoms with Gasteiger partial charge in [-0.05, 0) is 0 Å². The standard InChI is InChI=1S/C5H7N3S/c9-5-1-7-3-6-4-8(7)2-5/h1,4,9H,2-3H2. The van der Waals surface area contributed by atoms with Crippen LogP contribution in [0.1, 0.15) is 0 Å². The molecule has 0 bridgehead atoms. The average Bonchev–Trinajstić information content (AvgIpc) is 2.22. The van der Waals surface area contributed by atoms with Crippen molar-refractivity contribution in [3.63, 3.8) is 0 Å². The van der Waals surface area contributed by atoms with E-state index in [0.29, 0.717) is 0 Å². The number of hydrogen-bond acceptors (Lipinski definition) is 4. The molecule has 9 heavy (non-hydrogen) atoms. The Bertz CT molecular complexity index is 187. The Hall–Kier alpha value is -0.640. The lowest BCUT2D eigenvalue weighted by Gasteiger charge is -2.17. The van der Waals surface area contributed by atoms with E-state index in [-0.39, 0.29) is 0 Å². The largest absolute Gasteiger partial charge is 0.269 e. The minimum Gasteiger partial charge on any atom is -0.269 e. The number of hydrazine groups is 1. The van der Waals surface area contributed by atoms with Crippen molar-refractivity contribution >= 4 is 19.0 Å². The van der Waals surface area contributed by atoms with Crippen molar-refractivity contribution in [2.45, 2.75) is 0 Å². The molecule has 0 unspecified atom stereocenters. The average molecular weight is 141 g/mol. The SMILES string of the molecule is SC1=CN2CN=CN2C1. The zero-order chi connectivity index (χ0) is 6.27. The molecule has 0 aromatic heterocycles.